The molecule has 0 bridgehead atoms. The Morgan fingerprint density at radius 2 is 2.00 bits per heavy atom. The van der Waals surface area contributed by atoms with Crippen molar-refractivity contribution in [2.75, 3.05) is 0 Å². The second kappa shape index (κ2) is 20.8. The van der Waals surface area contributed by atoms with Gasteiger partial charge in [0.1, 0.15) is 12.2 Å². The number of aromatic nitrogens is 3. The predicted molar refractivity (Wildman–Crippen MR) is 79.7 cm³/mol. The van der Waals surface area contributed by atoms with E-state index in [1.807, 2.05) is 13.8 Å². The fourth-order valence-corrected chi connectivity index (χ4v) is 0.401. The van der Waals surface area contributed by atoms with Gasteiger partial charge >= 0.3 is 0 Å². The summed E-state index contributed by atoms with van der Waals surface area (Å²) < 4.78 is 0. The summed E-state index contributed by atoms with van der Waals surface area (Å²) in [7, 11) is 0. The molecule has 1 aromatic heterocycles. The highest BCUT2D eigenvalue weighted by molar-refractivity contribution is 7.80. The van der Waals surface area contributed by atoms with Crippen LogP contribution in [-0.2, 0) is 11.2 Å². The lowest BCUT2D eigenvalue weighted by molar-refractivity contribution is -0.109. The Balaban J connectivity index is -0.0000000811. The maximum Gasteiger partial charge on any atom is 0.221 e. The molecule has 8 heteroatoms. The zero-order valence-electron chi connectivity index (χ0n) is 9.43. The average Bonchev–Trinajstić information content (AvgIpc) is 2.83. The molecule has 6 N–H and O–H groups in total. The summed E-state index contributed by atoms with van der Waals surface area (Å²) in [5, 5.41) is 6.38. The molecule has 1 rings (SSSR count). The molecular formula is C10H26N6OS. The molecule has 1 aromatic rings. The summed E-state index contributed by atoms with van der Waals surface area (Å²) in [5.74, 6) is 5.35. The number of H-pyrrole nitrogens is 1. The van der Waals surface area contributed by atoms with Crippen LogP contribution in [0.1, 0.15) is 40.9 Å². The van der Waals surface area contributed by atoms with Gasteiger partial charge in [-0.3, -0.25) is 15.3 Å². The van der Waals surface area contributed by atoms with Crippen LogP contribution in [0.4, 0.5) is 0 Å². The average molecular weight is 278 g/mol. The Labute approximate surface area is 115 Å². The first-order valence-electron chi connectivity index (χ1n) is 4.64. The number of hydrogen-bond donors (Lipinski definition) is 4. The molecule has 0 aliphatic carbocycles. The van der Waals surface area contributed by atoms with Crippen LogP contribution in [0.25, 0.3) is 0 Å². The molecule has 0 fully saturated rings. The van der Waals surface area contributed by atoms with Crippen molar-refractivity contribution >= 4 is 23.6 Å². The van der Waals surface area contributed by atoms with Gasteiger partial charge in [-0.15, -0.1) is 0 Å². The van der Waals surface area contributed by atoms with Crippen molar-refractivity contribution in [2.24, 2.45) is 11.6 Å². The highest BCUT2D eigenvalue weighted by atomic mass is 32.1. The van der Waals surface area contributed by atoms with E-state index in [9.17, 15) is 0 Å². The SMILES string of the molecule is C.C.CCC(N)=S.CCc1ncn[nH]1.NNC=O. The zero-order chi connectivity index (χ0) is 12.8. The third-order valence-corrected chi connectivity index (χ3v) is 1.50. The number of rotatable bonds is 3. The molecule has 0 atom stereocenters. The number of aryl methyl sites for hydroxylation is 1. The highest BCUT2D eigenvalue weighted by Gasteiger charge is 1.84. The van der Waals surface area contributed by atoms with Gasteiger partial charge in [0.15, 0.2) is 0 Å². The minimum atomic E-state index is 0. The number of nitrogens with one attached hydrogen (secondary N) is 2. The number of amides is 1. The first-order chi connectivity index (χ1) is 7.62. The summed E-state index contributed by atoms with van der Waals surface area (Å²) >= 11 is 4.47. The van der Waals surface area contributed by atoms with Gasteiger partial charge in [0, 0.05) is 6.42 Å². The van der Waals surface area contributed by atoms with Crippen LogP contribution in [0, 0.1) is 0 Å². The highest BCUT2D eigenvalue weighted by Crippen LogP contribution is 1.82. The number of carbonyl (C=O) groups is 1. The predicted octanol–water partition coefficient (Wildman–Crippen LogP) is 0.928. The number of thiocarbonyl (C=S) groups is 1. The first kappa shape index (κ1) is 25.3. The molecule has 0 radical (unpaired) electrons. The largest absolute Gasteiger partial charge is 0.393 e. The second-order valence-electron chi connectivity index (χ2n) is 2.39. The number of carbonyl (C=O) groups excluding carboxylic acids is 1. The van der Waals surface area contributed by atoms with Crippen molar-refractivity contribution in [3.8, 4) is 0 Å². The smallest absolute Gasteiger partial charge is 0.221 e. The van der Waals surface area contributed by atoms with Crippen molar-refractivity contribution in [1.82, 2.24) is 20.6 Å². The molecule has 7 nitrogen and oxygen atoms in total. The number of hydrogen-bond acceptors (Lipinski definition) is 5. The topological polar surface area (TPSA) is 123 Å². The summed E-state index contributed by atoms with van der Waals surface area (Å²) in [4.78, 5) is 13.4. The van der Waals surface area contributed by atoms with E-state index in [0.717, 1.165) is 18.7 Å². The van der Waals surface area contributed by atoms with E-state index in [-0.39, 0.29) is 14.9 Å². The van der Waals surface area contributed by atoms with Gasteiger partial charge < -0.3 is 5.73 Å². The van der Waals surface area contributed by atoms with Crippen LogP contribution in [0.5, 0.6) is 0 Å². The Bertz CT molecular complexity index is 265. The summed E-state index contributed by atoms with van der Waals surface area (Å²) in [5.41, 5.74) is 6.77. The maximum atomic E-state index is 8.94. The Morgan fingerprint density at radius 3 is 2.11 bits per heavy atom. The van der Waals surface area contributed by atoms with Crippen LogP contribution < -0.4 is 17.0 Å². The van der Waals surface area contributed by atoms with E-state index >= 15 is 0 Å². The number of aromatic amines is 1. The van der Waals surface area contributed by atoms with Crippen LogP contribution in [0.3, 0.4) is 0 Å². The molecule has 1 heterocycles. The molecule has 0 spiro atoms. The van der Waals surface area contributed by atoms with Crippen molar-refractivity contribution in [3.05, 3.63) is 12.2 Å². The molecule has 0 unspecified atom stereocenters. The molecule has 1 amide bonds. The van der Waals surface area contributed by atoms with Crippen molar-refractivity contribution in [2.45, 2.75) is 41.5 Å². The van der Waals surface area contributed by atoms with Crippen LogP contribution in [-0.4, -0.2) is 26.6 Å². The van der Waals surface area contributed by atoms with E-state index in [2.05, 4.69) is 33.2 Å². The Hall–Kier alpha value is -1.54. The molecular weight excluding hydrogens is 252 g/mol. The van der Waals surface area contributed by atoms with Gasteiger partial charge in [-0.25, -0.2) is 10.8 Å². The molecule has 0 saturated carbocycles. The van der Waals surface area contributed by atoms with E-state index < -0.39 is 0 Å². The Kier molecular flexibility index (Phi) is 29.3. The third kappa shape index (κ3) is 23.9. The molecule has 0 aliphatic rings. The van der Waals surface area contributed by atoms with Crippen LogP contribution >= 0.6 is 12.2 Å². The van der Waals surface area contributed by atoms with Crippen LogP contribution in [0.2, 0.25) is 0 Å². The van der Waals surface area contributed by atoms with E-state index in [1.54, 1.807) is 5.43 Å². The lowest BCUT2D eigenvalue weighted by Gasteiger charge is -1.78. The van der Waals surface area contributed by atoms with Crippen molar-refractivity contribution < 1.29 is 4.79 Å². The molecule has 0 saturated heterocycles. The van der Waals surface area contributed by atoms with E-state index in [4.69, 9.17) is 10.5 Å². The first-order valence-corrected chi connectivity index (χ1v) is 5.05. The van der Waals surface area contributed by atoms with Gasteiger partial charge in [0.2, 0.25) is 6.41 Å². The lowest BCUT2D eigenvalue weighted by atomic mass is 10.5. The van der Waals surface area contributed by atoms with Gasteiger partial charge in [0.25, 0.3) is 0 Å². The van der Waals surface area contributed by atoms with Gasteiger partial charge in [-0.1, -0.05) is 40.9 Å². The minimum Gasteiger partial charge on any atom is -0.393 e. The molecule has 0 aromatic carbocycles. The van der Waals surface area contributed by atoms with Gasteiger partial charge in [0.05, 0.1) is 4.99 Å². The van der Waals surface area contributed by atoms with Crippen molar-refractivity contribution in [1.29, 1.82) is 0 Å². The maximum absolute atomic E-state index is 8.94. The normalized spacial score (nSPS) is 6.83. The quantitative estimate of drug-likeness (QED) is 0.214. The molecule has 108 valence electrons. The van der Waals surface area contributed by atoms with Crippen molar-refractivity contribution in [3.63, 3.8) is 0 Å². The van der Waals surface area contributed by atoms with Gasteiger partial charge in [-0.05, 0) is 6.42 Å². The fourth-order valence-electron chi connectivity index (χ4n) is 0.401. The minimum absolute atomic E-state index is 0. The standard InChI is InChI=1S/C4H7N3.C3H7NS.CH4N2O.2CH4/c1-2-4-5-3-6-7-4;1-2-3(4)5;2-3-1-4;;/h3H,2H2,1H3,(H,5,6,7);2H2,1H3,(H2,4,5);1H,2H2,(H,3,4);2*1H4. The third-order valence-electron chi connectivity index (χ3n) is 1.22. The number of nitrogens with two attached hydrogens (primary N) is 2. The van der Waals surface area contributed by atoms with E-state index in [1.165, 1.54) is 6.33 Å². The summed E-state index contributed by atoms with van der Waals surface area (Å²) in [6, 6.07) is 0. The molecule has 18 heavy (non-hydrogen) atoms. The second-order valence-corrected chi connectivity index (χ2v) is 2.91. The summed E-state index contributed by atoms with van der Waals surface area (Å²) in [6.07, 6.45) is 3.66. The zero-order valence-corrected chi connectivity index (χ0v) is 10.3. The van der Waals surface area contributed by atoms with E-state index in [0.29, 0.717) is 11.4 Å². The Morgan fingerprint density at radius 1 is 1.56 bits per heavy atom. The lowest BCUT2D eigenvalue weighted by Crippen LogP contribution is -2.18. The van der Waals surface area contributed by atoms with Crippen LogP contribution in [0.15, 0.2) is 6.33 Å². The fraction of sp³-hybridized carbons (Fsp3) is 0.600. The number of nitrogens with zero attached hydrogens (tertiary/aromatic N) is 2. The summed E-state index contributed by atoms with van der Waals surface area (Å²) in [6.45, 7) is 3.96. The van der Waals surface area contributed by atoms with Gasteiger partial charge in [-0.2, -0.15) is 5.10 Å². The monoisotopic (exact) mass is 278 g/mol. The number of hydrazine groups is 1. The molecule has 0 aliphatic heterocycles.